The Morgan fingerprint density at radius 2 is 2.00 bits per heavy atom. The van der Waals surface area contributed by atoms with Crippen molar-refractivity contribution in [2.24, 2.45) is 4.99 Å². The molecule has 2 atom stereocenters. The SMILES string of the molecule is CN=C(NCc1ccc(N2CCOCC2)cc1C(F)(F)F)NC1CCC(SC)C1.I. The zero-order valence-corrected chi connectivity index (χ0v) is 20.4. The smallest absolute Gasteiger partial charge is 0.378 e. The number of nitrogens with one attached hydrogen (secondary N) is 2. The summed E-state index contributed by atoms with van der Waals surface area (Å²) in [5.74, 6) is 0.544. The number of ether oxygens (including phenoxy) is 1. The van der Waals surface area contributed by atoms with Gasteiger partial charge in [0.05, 0.1) is 18.8 Å². The number of anilines is 1. The average molecular weight is 558 g/mol. The van der Waals surface area contributed by atoms with Crippen molar-refractivity contribution in [2.45, 2.75) is 43.3 Å². The van der Waals surface area contributed by atoms with Gasteiger partial charge in [0.15, 0.2) is 5.96 Å². The van der Waals surface area contributed by atoms with E-state index in [1.807, 2.05) is 16.7 Å². The van der Waals surface area contributed by atoms with Crippen LogP contribution in [-0.2, 0) is 17.5 Å². The maximum Gasteiger partial charge on any atom is 0.416 e. The summed E-state index contributed by atoms with van der Waals surface area (Å²) in [5.41, 5.74) is 0.194. The van der Waals surface area contributed by atoms with Crippen LogP contribution in [0.2, 0.25) is 0 Å². The lowest BCUT2D eigenvalue weighted by atomic mass is 10.0. The van der Waals surface area contributed by atoms with Gasteiger partial charge in [-0.15, -0.1) is 24.0 Å². The van der Waals surface area contributed by atoms with Gasteiger partial charge in [-0.2, -0.15) is 24.9 Å². The average Bonchev–Trinajstić information content (AvgIpc) is 3.18. The quantitative estimate of drug-likeness (QED) is 0.324. The molecule has 1 aromatic rings. The lowest BCUT2D eigenvalue weighted by Gasteiger charge is -2.30. The molecule has 1 saturated carbocycles. The second-order valence-electron chi connectivity index (χ2n) is 7.38. The van der Waals surface area contributed by atoms with Crippen molar-refractivity contribution in [1.82, 2.24) is 10.6 Å². The van der Waals surface area contributed by atoms with Crippen LogP contribution < -0.4 is 15.5 Å². The first-order chi connectivity index (χ1) is 13.9. The van der Waals surface area contributed by atoms with Crippen molar-refractivity contribution in [1.29, 1.82) is 0 Å². The number of alkyl halides is 3. The first kappa shape index (κ1) is 25.4. The van der Waals surface area contributed by atoms with Gasteiger partial charge in [0.2, 0.25) is 0 Å². The molecule has 0 spiro atoms. The summed E-state index contributed by atoms with van der Waals surface area (Å²) in [4.78, 5) is 6.11. The third-order valence-corrected chi connectivity index (χ3v) is 6.60. The monoisotopic (exact) mass is 558 g/mol. The molecule has 5 nitrogen and oxygen atoms in total. The Kier molecular flexibility index (Phi) is 9.86. The van der Waals surface area contributed by atoms with Crippen molar-refractivity contribution >= 4 is 47.4 Å². The van der Waals surface area contributed by atoms with Gasteiger partial charge in [-0.3, -0.25) is 4.99 Å². The first-order valence-corrected chi connectivity index (χ1v) is 11.2. The predicted molar refractivity (Wildman–Crippen MR) is 128 cm³/mol. The van der Waals surface area contributed by atoms with E-state index in [1.54, 1.807) is 19.2 Å². The molecule has 1 aliphatic carbocycles. The minimum Gasteiger partial charge on any atom is -0.378 e. The molecule has 1 aromatic carbocycles. The molecule has 0 bridgehead atoms. The number of benzene rings is 1. The summed E-state index contributed by atoms with van der Waals surface area (Å²) < 4.78 is 46.4. The molecule has 3 rings (SSSR count). The van der Waals surface area contributed by atoms with Crippen molar-refractivity contribution in [3.05, 3.63) is 29.3 Å². The van der Waals surface area contributed by atoms with E-state index in [0.717, 1.165) is 19.3 Å². The maximum atomic E-state index is 13.7. The van der Waals surface area contributed by atoms with Gasteiger partial charge in [-0.05, 0) is 43.2 Å². The molecule has 1 saturated heterocycles. The van der Waals surface area contributed by atoms with Crippen molar-refractivity contribution in [3.63, 3.8) is 0 Å². The van der Waals surface area contributed by atoms with Crippen LogP contribution in [0, 0.1) is 0 Å². The predicted octanol–water partition coefficient (Wildman–Crippen LogP) is 4.11. The molecular formula is C20H30F3IN4OS. The lowest BCUT2D eigenvalue weighted by Crippen LogP contribution is -2.42. The van der Waals surface area contributed by atoms with Gasteiger partial charge in [-0.1, -0.05) is 6.07 Å². The third kappa shape index (κ3) is 6.81. The number of halogens is 4. The van der Waals surface area contributed by atoms with Crippen LogP contribution in [0.3, 0.4) is 0 Å². The Morgan fingerprint density at radius 3 is 2.60 bits per heavy atom. The number of nitrogens with zero attached hydrogens (tertiary/aromatic N) is 2. The van der Waals surface area contributed by atoms with Gasteiger partial charge in [-0.25, -0.2) is 0 Å². The van der Waals surface area contributed by atoms with Crippen LogP contribution in [0.15, 0.2) is 23.2 Å². The second-order valence-corrected chi connectivity index (χ2v) is 8.51. The van der Waals surface area contributed by atoms with Crippen LogP contribution >= 0.6 is 35.7 Å². The summed E-state index contributed by atoms with van der Waals surface area (Å²) in [6, 6.07) is 4.88. The van der Waals surface area contributed by atoms with Gasteiger partial charge in [0, 0.05) is 43.7 Å². The topological polar surface area (TPSA) is 48.9 Å². The molecule has 10 heteroatoms. The molecule has 0 amide bonds. The highest BCUT2D eigenvalue weighted by Crippen LogP contribution is 2.35. The summed E-state index contributed by atoms with van der Waals surface area (Å²) in [7, 11) is 1.64. The second kappa shape index (κ2) is 11.7. The van der Waals surface area contributed by atoms with Crippen molar-refractivity contribution in [2.75, 3.05) is 44.5 Å². The van der Waals surface area contributed by atoms with E-state index in [1.165, 1.54) is 6.07 Å². The lowest BCUT2D eigenvalue weighted by molar-refractivity contribution is -0.138. The minimum absolute atomic E-state index is 0. The summed E-state index contributed by atoms with van der Waals surface area (Å²) >= 11 is 1.86. The van der Waals surface area contributed by atoms with E-state index in [-0.39, 0.29) is 36.1 Å². The Bertz CT molecular complexity index is 714. The van der Waals surface area contributed by atoms with E-state index in [9.17, 15) is 13.2 Å². The number of aliphatic imine (C=N–C) groups is 1. The zero-order chi connectivity index (χ0) is 20.9. The minimum atomic E-state index is -4.41. The van der Waals surface area contributed by atoms with E-state index in [2.05, 4.69) is 21.9 Å². The molecule has 2 N–H and O–H groups in total. The standard InChI is InChI=1S/C20H29F3N4OS.HI/c1-24-19(26-15-4-6-17(11-15)29-2)25-13-14-3-5-16(12-18(14)20(21,22)23)27-7-9-28-10-8-27;/h3,5,12,15,17H,4,6-11,13H2,1-2H3,(H2,24,25,26);1H. The maximum absolute atomic E-state index is 13.7. The zero-order valence-electron chi connectivity index (χ0n) is 17.3. The summed E-state index contributed by atoms with van der Waals surface area (Å²) in [5, 5.41) is 7.03. The molecule has 1 heterocycles. The molecule has 170 valence electrons. The van der Waals surface area contributed by atoms with Crippen molar-refractivity contribution in [3.8, 4) is 0 Å². The van der Waals surface area contributed by atoms with Crippen LogP contribution in [-0.4, -0.2) is 56.9 Å². The van der Waals surface area contributed by atoms with Crippen LogP contribution in [0.4, 0.5) is 18.9 Å². The van der Waals surface area contributed by atoms with Gasteiger partial charge in [0.1, 0.15) is 0 Å². The fraction of sp³-hybridized carbons (Fsp3) is 0.650. The highest BCUT2D eigenvalue weighted by atomic mass is 127. The first-order valence-electron chi connectivity index (χ1n) is 9.93. The molecule has 1 aliphatic heterocycles. The normalized spacial score (nSPS) is 22.6. The largest absolute Gasteiger partial charge is 0.416 e. The number of morpholine rings is 1. The molecule has 0 radical (unpaired) electrons. The highest BCUT2D eigenvalue weighted by Gasteiger charge is 2.34. The third-order valence-electron chi connectivity index (χ3n) is 5.50. The van der Waals surface area contributed by atoms with Gasteiger partial charge >= 0.3 is 6.18 Å². The summed E-state index contributed by atoms with van der Waals surface area (Å²) in [6.07, 6.45) is 0.946. The number of rotatable bonds is 5. The number of guanidine groups is 1. The fourth-order valence-electron chi connectivity index (χ4n) is 3.85. The van der Waals surface area contributed by atoms with Crippen LogP contribution in [0.1, 0.15) is 30.4 Å². The molecule has 2 unspecified atom stereocenters. The fourth-order valence-corrected chi connectivity index (χ4v) is 4.65. The molecular weight excluding hydrogens is 528 g/mol. The molecule has 30 heavy (non-hydrogen) atoms. The Morgan fingerprint density at radius 1 is 1.27 bits per heavy atom. The Balaban J connectivity index is 0.00000320. The number of hydrogen-bond acceptors (Lipinski definition) is 4. The van der Waals surface area contributed by atoms with Gasteiger partial charge in [0.25, 0.3) is 0 Å². The Hall–Kier alpha value is -0.880. The summed E-state index contributed by atoms with van der Waals surface area (Å²) in [6.45, 7) is 2.33. The molecule has 2 fully saturated rings. The highest BCUT2D eigenvalue weighted by molar-refractivity contribution is 14.0. The molecule has 2 aliphatic rings. The Labute approximate surface area is 197 Å². The van der Waals surface area contributed by atoms with E-state index in [4.69, 9.17) is 4.74 Å². The van der Waals surface area contributed by atoms with E-state index >= 15 is 0 Å². The van der Waals surface area contributed by atoms with Gasteiger partial charge < -0.3 is 20.3 Å². The van der Waals surface area contributed by atoms with Crippen LogP contribution in [0.25, 0.3) is 0 Å². The number of thioether (sulfide) groups is 1. The molecule has 0 aromatic heterocycles. The van der Waals surface area contributed by atoms with E-state index in [0.29, 0.717) is 49.2 Å². The van der Waals surface area contributed by atoms with E-state index < -0.39 is 11.7 Å². The van der Waals surface area contributed by atoms with Crippen molar-refractivity contribution < 1.29 is 17.9 Å². The van der Waals surface area contributed by atoms with Crippen LogP contribution in [0.5, 0.6) is 0 Å². The number of hydrogen-bond donors (Lipinski definition) is 2.